The zero-order valence-electron chi connectivity index (χ0n) is 12.6. The fraction of sp³-hybridized carbons (Fsp3) is 0.471. The van der Waals surface area contributed by atoms with Crippen LogP contribution in [0, 0.1) is 5.92 Å². The molecule has 2 unspecified atom stereocenters. The molecule has 0 saturated heterocycles. The lowest BCUT2D eigenvalue weighted by Crippen LogP contribution is -2.25. The number of aromatic nitrogens is 2. The predicted octanol–water partition coefficient (Wildman–Crippen LogP) is 4.27. The summed E-state index contributed by atoms with van der Waals surface area (Å²) in [5, 5.41) is 0. The Morgan fingerprint density at radius 3 is 2.80 bits per heavy atom. The summed E-state index contributed by atoms with van der Waals surface area (Å²) in [4.78, 5) is 15.2. The second kappa shape index (κ2) is 6.60. The van der Waals surface area contributed by atoms with Crippen molar-refractivity contribution in [3.05, 3.63) is 46.9 Å². The van der Waals surface area contributed by atoms with Gasteiger partial charge in [-0.2, -0.15) is 0 Å². The van der Waals surface area contributed by atoms with Crippen LogP contribution >= 0.6 is 0 Å². The van der Waals surface area contributed by atoms with Crippen LogP contribution < -0.4 is 5.69 Å². The van der Waals surface area contributed by atoms with Crippen LogP contribution in [0.5, 0.6) is 0 Å². The Labute approximate surface area is 120 Å². The van der Waals surface area contributed by atoms with E-state index >= 15 is 0 Å². The highest BCUT2D eigenvalue weighted by atomic mass is 16.1. The van der Waals surface area contributed by atoms with Crippen LogP contribution in [0.2, 0.25) is 0 Å². The Morgan fingerprint density at radius 2 is 2.10 bits per heavy atom. The van der Waals surface area contributed by atoms with E-state index in [4.69, 9.17) is 0 Å². The van der Waals surface area contributed by atoms with E-state index in [1.54, 1.807) is 0 Å². The molecule has 2 aromatic rings. The molecular formula is C17H24N2O. The quantitative estimate of drug-likeness (QED) is 0.783. The first kappa shape index (κ1) is 14.6. The lowest BCUT2D eigenvalue weighted by atomic mass is 9.92. The molecule has 2 atom stereocenters. The van der Waals surface area contributed by atoms with Gasteiger partial charge in [-0.15, -0.1) is 0 Å². The SMILES string of the molecule is C/C=C/CCC(CC)C(C)n1c(=O)[nH]c2ccccc21. The third kappa shape index (κ3) is 2.87. The normalized spacial score (nSPS) is 14.9. The first-order valence-electron chi connectivity index (χ1n) is 7.49. The number of allylic oxidation sites excluding steroid dienone is 2. The minimum atomic E-state index is 0.00295. The zero-order valence-corrected chi connectivity index (χ0v) is 12.6. The molecular weight excluding hydrogens is 248 g/mol. The maximum absolute atomic E-state index is 12.2. The van der Waals surface area contributed by atoms with Gasteiger partial charge in [0.2, 0.25) is 0 Å². The molecule has 3 nitrogen and oxygen atoms in total. The number of fused-ring (bicyclic) bond motifs is 1. The monoisotopic (exact) mass is 272 g/mol. The standard InChI is InChI=1S/C17H24N2O/c1-4-6-7-10-14(5-2)13(3)19-16-12-9-8-11-15(16)18-17(19)20/h4,6,8-9,11-14H,5,7,10H2,1-3H3,(H,18,20)/b6-4+. The van der Waals surface area contributed by atoms with E-state index in [9.17, 15) is 4.79 Å². The van der Waals surface area contributed by atoms with Gasteiger partial charge >= 0.3 is 5.69 Å². The largest absolute Gasteiger partial charge is 0.326 e. The minimum absolute atomic E-state index is 0.00295. The van der Waals surface area contributed by atoms with Gasteiger partial charge in [0, 0.05) is 6.04 Å². The average molecular weight is 272 g/mol. The van der Waals surface area contributed by atoms with Gasteiger partial charge in [0.15, 0.2) is 0 Å². The maximum Gasteiger partial charge on any atom is 0.326 e. The molecule has 0 bridgehead atoms. The first-order valence-corrected chi connectivity index (χ1v) is 7.49. The highest BCUT2D eigenvalue weighted by Crippen LogP contribution is 2.27. The molecule has 1 aromatic carbocycles. The molecule has 0 spiro atoms. The Kier molecular flexibility index (Phi) is 4.83. The summed E-state index contributed by atoms with van der Waals surface area (Å²) in [6, 6.07) is 8.13. The van der Waals surface area contributed by atoms with Gasteiger partial charge in [-0.1, -0.05) is 37.6 Å². The van der Waals surface area contributed by atoms with E-state index in [0.717, 1.165) is 30.3 Å². The van der Waals surface area contributed by atoms with Crippen LogP contribution in [-0.4, -0.2) is 9.55 Å². The number of aromatic amines is 1. The second-order valence-corrected chi connectivity index (χ2v) is 5.37. The van der Waals surface area contributed by atoms with Crippen molar-refractivity contribution >= 4 is 11.0 Å². The maximum atomic E-state index is 12.2. The first-order chi connectivity index (χ1) is 9.69. The Hall–Kier alpha value is -1.77. The number of hydrogen-bond acceptors (Lipinski definition) is 1. The van der Waals surface area contributed by atoms with E-state index in [1.807, 2.05) is 28.8 Å². The van der Waals surface area contributed by atoms with Gasteiger partial charge in [0.1, 0.15) is 0 Å². The van der Waals surface area contributed by atoms with Crippen molar-refractivity contribution in [1.82, 2.24) is 9.55 Å². The molecule has 1 N–H and O–H groups in total. The van der Waals surface area contributed by atoms with Gasteiger partial charge in [-0.25, -0.2) is 4.79 Å². The molecule has 0 aliphatic rings. The summed E-state index contributed by atoms with van der Waals surface area (Å²) in [6.45, 7) is 6.41. The topological polar surface area (TPSA) is 37.8 Å². The van der Waals surface area contributed by atoms with Crippen LogP contribution in [0.25, 0.3) is 11.0 Å². The molecule has 3 heteroatoms. The van der Waals surface area contributed by atoms with Crippen molar-refractivity contribution in [2.24, 2.45) is 5.92 Å². The molecule has 0 aliphatic heterocycles. The number of para-hydroxylation sites is 2. The molecule has 0 saturated carbocycles. The van der Waals surface area contributed by atoms with Gasteiger partial charge in [0.25, 0.3) is 0 Å². The third-order valence-electron chi connectivity index (χ3n) is 4.18. The van der Waals surface area contributed by atoms with Gasteiger partial charge in [0.05, 0.1) is 11.0 Å². The van der Waals surface area contributed by atoms with E-state index in [-0.39, 0.29) is 11.7 Å². The van der Waals surface area contributed by atoms with Crippen molar-refractivity contribution in [3.63, 3.8) is 0 Å². The molecule has 108 valence electrons. The van der Waals surface area contributed by atoms with E-state index in [1.165, 1.54) is 0 Å². The molecule has 2 rings (SSSR count). The molecule has 0 radical (unpaired) electrons. The Morgan fingerprint density at radius 1 is 1.35 bits per heavy atom. The Bertz CT molecular complexity index is 636. The van der Waals surface area contributed by atoms with Crippen molar-refractivity contribution in [2.45, 2.75) is 46.1 Å². The predicted molar refractivity (Wildman–Crippen MR) is 85.1 cm³/mol. The summed E-state index contributed by atoms with van der Waals surface area (Å²) in [6.07, 6.45) is 7.58. The minimum Gasteiger partial charge on any atom is -0.306 e. The van der Waals surface area contributed by atoms with Crippen LogP contribution in [0.4, 0.5) is 0 Å². The van der Waals surface area contributed by atoms with Crippen LogP contribution in [0.3, 0.4) is 0 Å². The molecule has 0 aliphatic carbocycles. The van der Waals surface area contributed by atoms with E-state index in [2.05, 4.69) is 37.9 Å². The fourth-order valence-corrected chi connectivity index (χ4v) is 2.95. The molecule has 1 heterocycles. The highest BCUT2D eigenvalue weighted by molar-refractivity contribution is 5.75. The molecule has 0 fully saturated rings. The smallest absolute Gasteiger partial charge is 0.306 e. The van der Waals surface area contributed by atoms with Crippen LogP contribution in [-0.2, 0) is 0 Å². The summed E-state index contributed by atoms with van der Waals surface area (Å²) < 4.78 is 1.92. The van der Waals surface area contributed by atoms with Crippen molar-refractivity contribution < 1.29 is 0 Å². The highest BCUT2D eigenvalue weighted by Gasteiger charge is 2.20. The van der Waals surface area contributed by atoms with Gasteiger partial charge in [-0.05, 0) is 44.7 Å². The third-order valence-corrected chi connectivity index (χ3v) is 4.18. The molecule has 20 heavy (non-hydrogen) atoms. The van der Waals surface area contributed by atoms with Gasteiger partial charge < -0.3 is 4.98 Å². The van der Waals surface area contributed by atoms with Gasteiger partial charge in [-0.3, -0.25) is 4.57 Å². The Balaban J connectivity index is 2.31. The van der Waals surface area contributed by atoms with Crippen molar-refractivity contribution in [1.29, 1.82) is 0 Å². The lowest BCUT2D eigenvalue weighted by Gasteiger charge is -2.23. The zero-order chi connectivity index (χ0) is 14.5. The summed E-state index contributed by atoms with van der Waals surface area (Å²) in [5.41, 5.74) is 1.94. The number of hydrogen-bond donors (Lipinski definition) is 1. The number of nitrogens with zero attached hydrogens (tertiary/aromatic N) is 1. The summed E-state index contributed by atoms with van der Waals surface area (Å²) in [5.74, 6) is 0.517. The van der Waals surface area contributed by atoms with E-state index in [0.29, 0.717) is 5.92 Å². The van der Waals surface area contributed by atoms with Crippen LogP contribution in [0.1, 0.15) is 46.1 Å². The second-order valence-electron chi connectivity index (χ2n) is 5.37. The number of imidazole rings is 1. The number of benzene rings is 1. The summed E-state index contributed by atoms with van der Waals surface area (Å²) in [7, 11) is 0. The summed E-state index contributed by atoms with van der Waals surface area (Å²) >= 11 is 0. The molecule has 1 aromatic heterocycles. The lowest BCUT2D eigenvalue weighted by molar-refractivity contribution is 0.325. The number of nitrogens with one attached hydrogen (secondary N) is 1. The molecule has 0 amide bonds. The fourth-order valence-electron chi connectivity index (χ4n) is 2.95. The van der Waals surface area contributed by atoms with Crippen molar-refractivity contribution in [3.8, 4) is 0 Å². The number of rotatable bonds is 6. The average Bonchev–Trinajstić information content (AvgIpc) is 2.79. The van der Waals surface area contributed by atoms with Crippen LogP contribution in [0.15, 0.2) is 41.2 Å². The van der Waals surface area contributed by atoms with E-state index < -0.39 is 0 Å². The van der Waals surface area contributed by atoms with Crippen molar-refractivity contribution in [2.75, 3.05) is 0 Å². The number of H-pyrrole nitrogens is 1.